The average Bonchev–Trinajstić information content (AvgIpc) is 3.22. The first-order valence-corrected chi connectivity index (χ1v) is 13.8. The molecule has 2 aromatic rings. The largest absolute Gasteiger partial charge is 0.472 e. The summed E-state index contributed by atoms with van der Waals surface area (Å²) in [4.78, 5) is 33.4. The molecule has 0 saturated carbocycles. The average molecular weight is 535 g/mol. The van der Waals surface area contributed by atoms with E-state index in [9.17, 15) is 19.0 Å². The van der Waals surface area contributed by atoms with Crippen LogP contribution in [0.4, 0.5) is 4.79 Å². The second-order valence-corrected chi connectivity index (χ2v) is 10.1. The molecule has 202 valence electrons. The van der Waals surface area contributed by atoms with E-state index in [0.717, 1.165) is 19.3 Å². The van der Waals surface area contributed by atoms with Gasteiger partial charge >= 0.3 is 19.9 Å². The number of hydrogen-bond donors (Lipinski definition) is 3. The van der Waals surface area contributed by atoms with Crippen LogP contribution in [0.15, 0.2) is 48.5 Å². The smallest absolute Gasteiger partial charge is 0.468 e. The summed E-state index contributed by atoms with van der Waals surface area (Å²) in [7, 11) is -1.54. The van der Waals surface area contributed by atoms with Crippen molar-refractivity contribution in [3.63, 3.8) is 0 Å². The Labute approximate surface area is 217 Å². The summed E-state index contributed by atoms with van der Waals surface area (Å²) in [6.45, 7) is 0.432. The molecular formula is C26H35N2O8P. The number of nitrogens with one attached hydrogen (secondary N) is 2. The van der Waals surface area contributed by atoms with E-state index in [2.05, 4.69) is 39.6 Å². The molecule has 0 aromatic heterocycles. The van der Waals surface area contributed by atoms with Gasteiger partial charge in [-0.15, -0.1) is 0 Å². The molecule has 0 radical (unpaired) electrons. The van der Waals surface area contributed by atoms with E-state index in [-0.39, 0.29) is 25.7 Å². The maximum absolute atomic E-state index is 12.2. The zero-order valence-electron chi connectivity index (χ0n) is 21.2. The van der Waals surface area contributed by atoms with Gasteiger partial charge in [0.25, 0.3) is 0 Å². The van der Waals surface area contributed by atoms with Crippen molar-refractivity contribution < 1.29 is 37.6 Å². The molecule has 2 unspecified atom stereocenters. The lowest BCUT2D eigenvalue weighted by molar-refractivity contribution is -0.143. The number of methoxy groups -OCH3 is 1. The van der Waals surface area contributed by atoms with Gasteiger partial charge in [0.2, 0.25) is 0 Å². The fraction of sp³-hybridized carbons (Fsp3) is 0.462. The quantitative estimate of drug-likeness (QED) is 0.176. The van der Waals surface area contributed by atoms with E-state index in [1.807, 2.05) is 24.3 Å². The molecule has 1 amide bonds. The molecule has 1 aliphatic rings. The van der Waals surface area contributed by atoms with Gasteiger partial charge in [-0.25, -0.2) is 9.36 Å². The molecule has 37 heavy (non-hydrogen) atoms. The number of carbonyl (C=O) groups is 2. The lowest BCUT2D eigenvalue weighted by Gasteiger charge is -2.16. The molecule has 11 heteroatoms. The van der Waals surface area contributed by atoms with Crippen molar-refractivity contribution in [3.05, 3.63) is 59.7 Å². The van der Waals surface area contributed by atoms with Crippen molar-refractivity contribution in [1.29, 1.82) is 0 Å². The fourth-order valence-corrected chi connectivity index (χ4v) is 4.99. The highest BCUT2D eigenvalue weighted by molar-refractivity contribution is 7.47. The van der Waals surface area contributed by atoms with E-state index in [1.54, 1.807) is 0 Å². The van der Waals surface area contributed by atoms with Gasteiger partial charge in [-0.1, -0.05) is 61.4 Å². The third kappa shape index (κ3) is 8.38. The lowest BCUT2D eigenvalue weighted by Crippen LogP contribution is -2.38. The molecule has 3 rings (SSSR count). The first kappa shape index (κ1) is 28.8. The van der Waals surface area contributed by atoms with Gasteiger partial charge in [0.15, 0.2) is 0 Å². The molecular weight excluding hydrogens is 499 g/mol. The Morgan fingerprint density at radius 2 is 1.59 bits per heavy atom. The fourth-order valence-electron chi connectivity index (χ4n) is 4.22. The zero-order chi connectivity index (χ0) is 26.7. The number of rotatable bonds is 15. The zero-order valence-corrected chi connectivity index (χ0v) is 22.1. The first-order chi connectivity index (χ1) is 17.9. The number of phosphoric acid groups is 1. The number of hydrogen-bond acceptors (Lipinski definition) is 8. The molecule has 0 aliphatic heterocycles. The third-order valence-electron chi connectivity index (χ3n) is 6.18. The molecule has 0 spiro atoms. The number of likely N-dealkylation sites (N-methyl/N-ethyl adjacent to an activating group) is 1. The molecule has 10 nitrogen and oxygen atoms in total. The highest BCUT2D eigenvalue weighted by Gasteiger charge is 2.29. The highest BCUT2D eigenvalue weighted by Crippen LogP contribution is 2.45. The number of benzene rings is 2. The number of phosphoric ester groups is 1. The molecule has 2 aromatic carbocycles. The summed E-state index contributed by atoms with van der Waals surface area (Å²) < 4.78 is 31.8. The predicted octanol–water partition coefficient (Wildman–Crippen LogP) is 3.98. The standard InChI is InChI=1S/C26H35N2O8P/c1-27-24(25(29)33-2)18-36-37(31,32)35-16-10-4-3-9-15-28-26(30)34-17-23-21-13-7-5-11-19(21)20-12-6-8-14-22(20)23/h5-8,11-14,23-24,27H,3-4,9-10,15-18H2,1-2H3,(H,28,30)(H,31,32). The molecule has 0 bridgehead atoms. The van der Waals surface area contributed by atoms with Crippen LogP contribution in [-0.2, 0) is 27.9 Å². The van der Waals surface area contributed by atoms with Crippen molar-refractivity contribution in [2.75, 3.05) is 40.5 Å². The molecule has 1 aliphatic carbocycles. The van der Waals surface area contributed by atoms with Crippen LogP contribution in [0.1, 0.15) is 42.7 Å². The number of ether oxygens (including phenoxy) is 2. The highest BCUT2D eigenvalue weighted by atomic mass is 31.2. The SMILES string of the molecule is CNC(COP(=O)(O)OCCCCCCNC(=O)OCC1c2ccccc2-c2ccccc21)C(=O)OC. The Kier molecular flexibility index (Phi) is 11.1. The van der Waals surface area contributed by atoms with Crippen LogP contribution in [0, 0.1) is 0 Å². The summed E-state index contributed by atoms with van der Waals surface area (Å²) in [5.74, 6) is -0.580. The van der Waals surface area contributed by atoms with Crippen LogP contribution in [0.3, 0.4) is 0 Å². The summed E-state index contributed by atoms with van der Waals surface area (Å²) in [5.41, 5.74) is 4.70. The van der Waals surface area contributed by atoms with Gasteiger partial charge in [-0.2, -0.15) is 0 Å². The number of fused-ring (bicyclic) bond motifs is 3. The Morgan fingerprint density at radius 3 is 2.22 bits per heavy atom. The molecule has 0 fully saturated rings. The lowest BCUT2D eigenvalue weighted by atomic mass is 9.98. The van der Waals surface area contributed by atoms with Crippen LogP contribution >= 0.6 is 7.82 Å². The van der Waals surface area contributed by atoms with Gasteiger partial charge < -0.3 is 25.0 Å². The van der Waals surface area contributed by atoms with Gasteiger partial charge in [0.05, 0.1) is 20.3 Å². The molecule has 3 N–H and O–H groups in total. The summed E-state index contributed by atoms with van der Waals surface area (Å²) >= 11 is 0. The number of carbonyl (C=O) groups excluding carboxylic acids is 2. The van der Waals surface area contributed by atoms with E-state index in [0.29, 0.717) is 13.0 Å². The minimum atomic E-state index is -4.26. The molecule has 0 heterocycles. The van der Waals surface area contributed by atoms with Crippen LogP contribution in [0.2, 0.25) is 0 Å². The number of esters is 1. The maximum atomic E-state index is 12.2. The summed E-state index contributed by atoms with van der Waals surface area (Å²) in [5, 5.41) is 5.41. The van der Waals surface area contributed by atoms with Gasteiger partial charge in [-0.05, 0) is 42.1 Å². The Hall–Kier alpha value is -2.75. The van der Waals surface area contributed by atoms with E-state index >= 15 is 0 Å². The number of unbranched alkanes of at least 4 members (excludes halogenated alkanes) is 3. The third-order valence-corrected chi connectivity index (χ3v) is 7.16. The Balaban J connectivity index is 1.26. The van der Waals surface area contributed by atoms with E-state index < -0.39 is 25.9 Å². The number of amides is 1. The van der Waals surface area contributed by atoms with Crippen LogP contribution in [0.5, 0.6) is 0 Å². The minimum Gasteiger partial charge on any atom is -0.468 e. The Bertz CT molecular complexity index is 1050. The second kappa shape index (κ2) is 14.3. The van der Waals surface area contributed by atoms with E-state index in [4.69, 9.17) is 13.8 Å². The topological polar surface area (TPSA) is 132 Å². The first-order valence-electron chi connectivity index (χ1n) is 12.3. The van der Waals surface area contributed by atoms with Crippen molar-refractivity contribution in [1.82, 2.24) is 10.6 Å². The normalized spacial score (nSPS) is 14.8. The van der Waals surface area contributed by atoms with Crippen molar-refractivity contribution >= 4 is 19.9 Å². The molecule has 2 atom stereocenters. The maximum Gasteiger partial charge on any atom is 0.472 e. The van der Waals surface area contributed by atoms with Gasteiger partial charge in [0, 0.05) is 12.5 Å². The van der Waals surface area contributed by atoms with Crippen LogP contribution in [-0.4, -0.2) is 63.5 Å². The number of alkyl carbamates (subject to hydrolysis) is 1. The Morgan fingerprint density at radius 1 is 0.973 bits per heavy atom. The van der Waals surface area contributed by atoms with Crippen LogP contribution < -0.4 is 10.6 Å². The monoisotopic (exact) mass is 534 g/mol. The summed E-state index contributed by atoms with van der Waals surface area (Å²) in [6, 6.07) is 15.5. The van der Waals surface area contributed by atoms with Gasteiger partial charge in [0.1, 0.15) is 12.6 Å². The molecule has 0 saturated heterocycles. The van der Waals surface area contributed by atoms with Gasteiger partial charge in [-0.3, -0.25) is 13.8 Å². The van der Waals surface area contributed by atoms with E-state index in [1.165, 1.54) is 36.4 Å². The van der Waals surface area contributed by atoms with Crippen LogP contribution in [0.25, 0.3) is 11.1 Å². The predicted molar refractivity (Wildman–Crippen MR) is 138 cm³/mol. The second-order valence-electron chi connectivity index (χ2n) is 8.63. The summed E-state index contributed by atoms with van der Waals surface area (Å²) in [6.07, 6.45) is 2.38. The minimum absolute atomic E-state index is 0.0224. The van der Waals surface area contributed by atoms with Crippen molar-refractivity contribution in [2.45, 2.75) is 37.6 Å². The van der Waals surface area contributed by atoms with Crippen molar-refractivity contribution in [2.24, 2.45) is 0 Å². The van der Waals surface area contributed by atoms with Crippen molar-refractivity contribution in [3.8, 4) is 11.1 Å².